The molecule has 1 N–H and O–H groups in total. The Morgan fingerprint density at radius 2 is 1.27 bits per heavy atom. The molecule has 0 aliphatic carbocycles. The summed E-state index contributed by atoms with van der Waals surface area (Å²) in [5, 5.41) is 0. The molecular weight excluding hydrogens is 575 g/mol. The third-order valence-electron chi connectivity index (χ3n) is 5.81. The molecule has 0 spiro atoms. The zero-order chi connectivity index (χ0) is 30.5. The maximum absolute atomic E-state index is 14.5. The van der Waals surface area contributed by atoms with E-state index < -0.39 is 59.7 Å². The van der Waals surface area contributed by atoms with Crippen molar-refractivity contribution in [3.8, 4) is 5.75 Å². The molecule has 4 unspecified atom stereocenters. The zero-order valence-electron chi connectivity index (χ0n) is 23.7. The summed E-state index contributed by atoms with van der Waals surface area (Å²) in [6.07, 6.45) is -4.34. The second-order valence-electron chi connectivity index (χ2n) is 9.06. The van der Waals surface area contributed by atoms with Crippen LogP contribution in [-0.2, 0) is 49.2 Å². The minimum atomic E-state index is -5.15. The summed E-state index contributed by atoms with van der Waals surface area (Å²) < 4.78 is 78.3. The van der Waals surface area contributed by atoms with Gasteiger partial charge in [0, 0.05) is 38.5 Å². The first kappa shape index (κ1) is 34.4. The van der Waals surface area contributed by atoms with E-state index in [0.29, 0.717) is 5.75 Å². The fourth-order valence-corrected chi connectivity index (χ4v) is 7.60. The normalized spacial score (nSPS) is 16.0. The summed E-state index contributed by atoms with van der Waals surface area (Å²) in [4.78, 5) is 21.8. The fourth-order valence-electron chi connectivity index (χ4n) is 3.69. The minimum absolute atomic E-state index is 0.0171. The number of rotatable bonds is 18. The highest BCUT2D eigenvalue weighted by atomic mass is 32.2. The van der Waals surface area contributed by atoms with Crippen LogP contribution in [0, 0.1) is 0 Å². The Morgan fingerprint density at radius 3 is 1.68 bits per heavy atom. The van der Waals surface area contributed by atoms with Gasteiger partial charge in [0.2, 0.25) is 12.6 Å². The third-order valence-corrected chi connectivity index (χ3v) is 10.2. The number of hydrogen-bond acceptors (Lipinski definition) is 10. The maximum Gasteiger partial charge on any atom is 0.357 e. The molecule has 2 aromatic carbocycles. The van der Waals surface area contributed by atoms with Gasteiger partial charge in [-0.3, -0.25) is 27.8 Å². The van der Waals surface area contributed by atoms with Crippen molar-refractivity contribution in [2.45, 2.75) is 89.9 Å². The van der Waals surface area contributed by atoms with Crippen molar-refractivity contribution in [1.29, 1.82) is 0 Å². The molecule has 228 valence electrons. The molecule has 2 aromatic rings. The Hall–Kier alpha value is -2.76. The molecule has 0 heterocycles. The molecule has 0 aliphatic heterocycles. The Morgan fingerprint density at radius 1 is 0.805 bits per heavy atom. The molecule has 0 aromatic heterocycles. The Labute approximate surface area is 241 Å². The smallest absolute Gasteiger partial charge is 0.357 e. The molecule has 0 bridgehead atoms. The van der Waals surface area contributed by atoms with Crippen LogP contribution in [0.2, 0.25) is 0 Å². The molecule has 0 saturated heterocycles. The summed E-state index contributed by atoms with van der Waals surface area (Å²) in [5.41, 5.74) is 0.783. The first-order valence-electron chi connectivity index (χ1n) is 13.5. The molecular formula is C28H39O11PS. The van der Waals surface area contributed by atoms with Crippen LogP contribution in [0.1, 0.15) is 65.4 Å². The molecule has 13 heteroatoms. The highest BCUT2D eigenvalue weighted by Crippen LogP contribution is 2.59. The average molecular weight is 615 g/mol. The number of carbonyl (C=O) groups excluding carboxylic acids is 2. The van der Waals surface area contributed by atoms with Gasteiger partial charge in [0.25, 0.3) is 10.1 Å². The molecule has 41 heavy (non-hydrogen) atoms. The summed E-state index contributed by atoms with van der Waals surface area (Å²) in [6, 6.07) is 17.6. The number of hydrogen-bond donors (Lipinski definition) is 1. The highest BCUT2D eigenvalue weighted by Gasteiger charge is 2.50. The van der Waals surface area contributed by atoms with Gasteiger partial charge < -0.3 is 14.2 Å². The quantitative estimate of drug-likeness (QED) is 0.0926. The Kier molecular flexibility index (Phi) is 14.0. The maximum atomic E-state index is 14.5. The molecule has 0 fully saturated rings. The lowest BCUT2D eigenvalue weighted by atomic mass is 10.1. The molecule has 0 radical (unpaired) electrons. The highest BCUT2D eigenvalue weighted by molar-refractivity contribution is 7.94. The largest absolute Gasteiger partial charge is 0.490 e. The van der Waals surface area contributed by atoms with Gasteiger partial charge in [0.1, 0.15) is 11.9 Å². The van der Waals surface area contributed by atoms with Crippen molar-refractivity contribution >= 4 is 29.7 Å². The van der Waals surface area contributed by atoms with E-state index in [1.807, 2.05) is 18.2 Å². The monoisotopic (exact) mass is 614 g/mol. The van der Waals surface area contributed by atoms with E-state index in [1.54, 1.807) is 70.2 Å². The van der Waals surface area contributed by atoms with E-state index in [1.165, 1.54) is 0 Å². The van der Waals surface area contributed by atoms with E-state index in [-0.39, 0.29) is 32.1 Å². The Bertz CT molecular complexity index is 1160. The van der Waals surface area contributed by atoms with Crippen LogP contribution in [0.3, 0.4) is 0 Å². The van der Waals surface area contributed by atoms with E-state index in [4.69, 9.17) is 23.3 Å². The minimum Gasteiger partial charge on any atom is -0.490 e. The first-order valence-corrected chi connectivity index (χ1v) is 16.6. The van der Waals surface area contributed by atoms with Crippen molar-refractivity contribution in [2.75, 3.05) is 0 Å². The van der Waals surface area contributed by atoms with Gasteiger partial charge in [-0.05, 0) is 17.7 Å². The summed E-state index contributed by atoms with van der Waals surface area (Å²) >= 11 is 0. The number of ether oxygens (including phenoxy) is 3. The third kappa shape index (κ3) is 11.6. The SMILES string of the molecule is CCC(=O)OC(CC)OP(=O)(OC(CC)OC(=O)CC)C(CC(Cc1ccccc1)Oc1ccccc1)S(=O)(=O)O. The van der Waals surface area contributed by atoms with E-state index >= 15 is 0 Å². The lowest BCUT2D eigenvalue weighted by Gasteiger charge is -2.32. The van der Waals surface area contributed by atoms with Gasteiger partial charge in [-0.15, -0.1) is 0 Å². The first-order chi connectivity index (χ1) is 19.4. The Balaban J connectivity index is 2.56. The second kappa shape index (κ2) is 16.6. The molecule has 0 aliphatic rings. The van der Waals surface area contributed by atoms with Gasteiger partial charge in [0.15, 0.2) is 4.99 Å². The van der Waals surface area contributed by atoms with Crippen molar-refractivity contribution in [3.63, 3.8) is 0 Å². The van der Waals surface area contributed by atoms with E-state index in [2.05, 4.69) is 0 Å². The van der Waals surface area contributed by atoms with Gasteiger partial charge in [-0.1, -0.05) is 76.2 Å². The van der Waals surface area contributed by atoms with Crippen molar-refractivity contribution in [1.82, 2.24) is 0 Å². The van der Waals surface area contributed by atoms with Crippen LogP contribution < -0.4 is 4.74 Å². The zero-order valence-corrected chi connectivity index (χ0v) is 25.4. The molecule has 0 amide bonds. The lowest BCUT2D eigenvalue weighted by Crippen LogP contribution is -2.35. The van der Waals surface area contributed by atoms with Crippen molar-refractivity contribution in [2.24, 2.45) is 0 Å². The predicted molar refractivity (Wildman–Crippen MR) is 152 cm³/mol. The average Bonchev–Trinajstić information content (AvgIpc) is 2.95. The van der Waals surface area contributed by atoms with Crippen LogP contribution in [0.15, 0.2) is 60.7 Å². The molecule has 11 nitrogen and oxygen atoms in total. The van der Waals surface area contributed by atoms with Crippen molar-refractivity contribution in [3.05, 3.63) is 66.2 Å². The topological polar surface area (TPSA) is 152 Å². The molecule has 4 atom stereocenters. The number of esters is 2. The summed E-state index contributed by atoms with van der Waals surface area (Å²) in [5.74, 6) is -0.970. The predicted octanol–water partition coefficient (Wildman–Crippen LogP) is 5.89. The second-order valence-corrected chi connectivity index (χ2v) is 13.1. The fraction of sp³-hybridized carbons (Fsp3) is 0.500. The van der Waals surface area contributed by atoms with Crippen molar-refractivity contribution < 1.29 is 50.4 Å². The van der Waals surface area contributed by atoms with E-state index in [0.717, 1.165) is 5.56 Å². The van der Waals surface area contributed by atoms with E-state index in [9.17, 15) is 27.1 Å². The van der Waals surface area contributed by atoms with Gasteiger partial charge in [0.05, 0.1) is 0 Å². The van der Waals surface area contributed by atoms with Crippen LogP contribution in [0.4, 0.5) is 0 Å². The van der Waals surface area contributed by atoms with Crippen LogP contribution >= 0.6 is 7.60 Å². The lowest BCUT2D eigenvalue weighted by molar-refractivity contribution is -0.170. The van der Waals surface area contributed by atoms with Gasteiger partial charge >= 0.3 is 19.5 Å². The molecule has 2 rings (SSSR count). The number of carbonyl (C=O) groups is 2. The van der Waals surface area contributed by atoms with Crippen LogP contribution in [0.25, 0.3) is 0 Å². The van der Waals surface area contributed by atoms with Gasteiger partial charge in [-0.2, -0.15) is 8.42 Å². The van der Waals surface area contributed by atoms with Gasteiger partial charge in [-0.25, -0.2) is 0 Å². The summed E-state index contributed by atoms with van der Waals surface area (Å²) in [6.45, 7) is 6.20. The van der Waals surface area contributed by atoms with Crippen LogP contribution in [0.5, 0.6) is 5.75 Å². The van der Waals surface area contributed by atoms with Crippen LogP contribution in [-0.4, -0.2) is 48.6 Å². The number of para-hydroxylation sites is 1. The standard InChI is InChI=1S/C28H39O11PS/c1-5-24(29)36-26(7-3)38-40(31,39-27(8-4)37-25(30)6-2)28(41(32,33)34)20-23(19-21-15-11-9-12-16-21)35-22-17-13-10-14-18-22/h9-18,23,26-28H,5-8,19-20H2,1-4H3,(H,32,33,34). The summed E-state index contributed by atoms with van der Waals surface area (Å²) in [7, 11) is -10.1. The molecule has 0 saturated carbocycles. The number of benzene rings is 2.